The zero-order valence-electron chi connectivity index (χ0n) is 14.2. The molecular formula is C19H13ClF3N2O2S-. The largest absolute Gasteiger partial charge is 0.772 e. The smallest absolute Gasteiger partial charge is 0.416 e. The highest BCUT2D eigenvalue weighted by Crippen LogP contribution is 2.38. The Bertz CT molecular complexity index is 1040. The number of halogens is 4. The van der Waals surface area contributed by atoms with Crippen LogP contribution in [0.3, 0.4) is 0 Å². The molecule has 1 heterocycles. The number of rotatable bonds is 4. The lowest BCUT2D eigenvalue weighted by atomic mass is 9.99. The maximum atomic E-state index is 12.8. The maximum Gasteiger partial charge on any atom is 0.416 e. The molecule has 0 saturated carbocycles. The molecule has 146 valence electrons. The van der Waals surface area contributed by atoms with Gasteiger partial charge in [-0.25, -0.2) is 4.98 Å². The second kappa shape index (κ2) is 7.90. The Morgan fingerprint density at radius 3 is 2.29 bits per heavy atom. The SMILES string of the molecule is Nc1ncc(-c2ccc(CS(=O)[O-])cc2)cc1-c1ccc(C(F)(F)F)cc1Cl. The molecule has 0 amide bonds. The number of alkyl halides is 3. The molecule has 0 fully saturated rings. The van der Waals surface area contributed by atoms with Crippen molar-refractivity contribution < 1.29 is 21.9 Å². The molecule has 2 aromatic carbocycles. The Hall–Kier alpha value is -2.42. The Balaban J connectivity index is 1.99. The summed E-state index contributed by atoms with van der Waals surface area (Å²) in [7, 11) is 0. The monoisotopic (exact) mass is 425 g/mol. The molecule has 0 bridgehead atoms. The van der Waals surface area contributed by atoms with E-state index in [0.29, 0.717) is 22.3 Å². The van der Waals surface area contributed by atoms with Gasteiger partial charge in [0.2, 0.25) is 0 Å². The number of anilines is 1. The molecule has 3 aromatic rings. The van der Waals surface area contributed by atoms with Gasteiger partial charge in [-0.1, -0.05) is 53.0 Å². The fraction of sp³-hybridized carbons (Fsp3) is 0.105. The minimum atomic E-state index is -4.50. The topological polar surface area (TPSA) is 79.0 Å². The van der Waals surface area contributed by atoms with Crippen LogP contribution in [0.5, 0.6) is 0 Å². The normalized spacial score (nSPS) is 12.8. The van der Waals surface area contributed by atoms with Crippen molar-refractivity contribution >= 4 is 28.5 Å². The quantitative estimate of drug-likeness (QED) is 0.593. The molecule has 2 N–H and O–H groups in total. The van der Waals surface area contributed by atoms with E-state index in [1.54, 1.807) is 30.3 Å². The predicted octanol–water partition coefficient (Wildman–Crippen LogP) is 5.05. The zero-order valence-corrected chi connectivity index (χ0v) is 15.7. The molecule has 1 unspecified atom stereocenters. The Morgan fingerprint density at radius 1 is 1.04 bits per heavy atom. The third kappa shape index (κ3) is 4.52. The summed E-state index contributed by atoms with van der Waals surface area (Å²) in [6, 6.07) is 11.5. The second-order valence-electron chi connectivity index (χ2n) is 5.99. The van der Waals surface area contributed by atoms with Crippen LogP contribution < -0.4 is 5.73 Å². The van der Waals surface area contributed by atoms with E-state index in [-0.39, 0.29) is 16.6 Å². The summed E-state index contributed by atoms with van der Waals surface area (Å²) in [6.07, 6.45) is -2.97. The molecule has 1 atom stereocenters. The lowest BCUT2D eigenvalue weighted by Gasteiger charge is -2.13. The summed E-state index contributed by atoms with van der Waals surface area (Å²) >= 11 is 3.88. The molecule has 3 rings (SSSR count). The van der Waals surface area contributed by atoms with Gasteiger partial charge < -0.3 is 10.3 Å². The van der Waals surface area contributed by atoms with E-state index in [1.807, 2.05) is 0 Å². The summed E-state index contributed by atoms with van der Waals surface area (Å²) in [5.74, 6) is 0.0379. The lowest BCUT2D eigenvalue weighted by Crippen LogP contribution is -2.05. The van der Waals surface area contributed by atoms with Gasteiger partial charge in [0.1, 0.15) is 5.82 Å². The molecule has 0 aliphatic rings. The average molecular weight is 426 g/mol. The van der Waals surface area contributed by atoms with E-state index in [2.05, 4.69) is 4.98 Å². The van der Waals surface area contributed by atoms with E-state index in [4.69, 9.17) is 17.3 Å². The van der Waals surface area contributed by atoms with Gasteiger partial charge in [-0.2, -0.15) is 13.2 Å². The van der Waals surface area contributed by atoms with Crippen LogP contribution in [0.4, 0.5) is 19.0 Å². The standard InChI is InChI=1S/C19H14ClF3N2O2S/c20-17-8-14(19(21,22)23)5-6-15(17)16-7-13(9-25-18(16)24)12-3-1-11(2-4-12)10-28(26)27/h1-9H,10H2,(H2,24,25)(H,26,27)/p-1. The number of nitrogens with two attached hydrogens (primary N) is 1. The van der Waals surface area contributed by atoms with E-state index in [9.17, 15) is 21.9 Å². The molecular weight excluding hydrogens is 413 g/mol. The van der Waals surface area contributed by atoms with E-state index >= 15 is 0 Å². The van der Waals surface area contributed by atoms with E-state index in [1.165, 1.54) is 12.3 Å². The van der Waals surface area contributed by atoms with Crippen LogP contribution in [0.15, 0.2) is 54.7 Å². The van der Waals surface area contributed by atoms with Crippen LogP contribution in [0.2, 0.25) is 5.02 Å². The van der Waals surface area contributed by atoms with Crippen molar-refractivity contribution in [3.63, 3.8) is 0 Å². The van der Waals surface area contributed by atoms with Crippen molar-refractivity contribution in [3.8, 4) is 22.3 Å². The van der Waals surface area contributed by atoms with Gasteiger partial charge in [-0.15, -0.1) is 0 Å². The third-order valence-electron chi connectivity index (χ3n) is 4.08. The van der Waals surface area contributed by atoms with Crippen molar-refractivity contribution in [2.75, 3.05) is 5.73 Å². The summed E-state index contributed by atoms with van der Waals surface area (Å²) in [5.41, 5.74) is 7.84. The number of nitrogen functional groups attached to an aromatic ring is 1. The van der Waals surface area contributed by atoms with Crippen molar-refractivity contribution in [1.82, 2.24) is 4.98 Å². The molecule has 0 aliphatic heterocycles. The van der Waals surface area contributed by atoms with Gasteiger partial charge in [-0.05, 0) is 29.3 Å². The fourth-order valence-electron chi connectivity index (χ4n) is 2.69. The van der Waals surface area contributed by atoms with E-state index in [0.717, 1.165) is 17.7 Å². The molecule has 28 heavy (non-hydrogen) atoms. The first kappa shape index (κ1) is 20.3. The van der Waals surface area contributed by atoms with Crippen LogP contribution in [0.1, 0.15) is 11.1 Å². The first-order valence-electron chi connectivity index (χ1n) is 7.93. The zero-order chi connectivity index (χ0) is 20.5. The highest BCUT2D eigenvalue weighted by atomic mass is 35.5. The first-order valence-corrected chi connectivity index (χ1v) is 9.55. The predicted molar refractivity (Wildman–Crippen MR) is 102 cm³/mol. The van der Waals surface area contributed by atoms with Crippen LogP contribution >= 0.6 is 11.6 Å². The number of hydrogen-bond donors (Lipinski definition) is 1. The fourth-order valence-corrected chi connectivity index (χ4v) is 3.44. The van der Waals surface area contributed by atoms with E-state index < -0.39 is 22.8 Å². The number of benzene rings is 2. The lowest BCUT2D eigenvalue weighted by molar-refractivity contribution is -0.137. The van der Waals surface area contributed by atoms with Gasteiger partial charge in [0.25, 0.3) is 0 Å². The number of aromatic nitrogens is 1. The van der Waals surface area contributed by atoms with Gasteiger partial charge in [0.05, 0.1) is 5.56 Å². The van der Waals surface area contributed by atoms with Crippen LogP contribution in [-0.2, 0) is 23.0 Å². The number of hydrogen-bond acceptors (Lipinski definition) is 4. The highest BCUT2D eigenvalue weighted by Gasteiger charge is 2.31. The molecule has 0 radical (unpaired) electrons. The Kier molecular flexibility index (Phi) is 5.74. The molecule has 0 saturated heterocycles. The van der Waals surface area contributed by atoms with Crippen molar-refractivity contribution in [1.29, 1.82) is 0 Å². The summed E-state index contributed by atoms with van der Waals surface area (Å²) < 4.78 is 60.1. The molecule has 4 nitrogen and oxygen atoms in total. The van der Waals surface area contributed by atoms with Crippen LogP contribution in [-0.4, -0.2) is 13.7 Å². The van der Waals surface area contributed by atoms with Gasteiger partial charge in [0, 0.05) is 33.7 Å². The molecule has 9 heteroatoms. The minimum absolute atomic E-state index is 0.0891. The molecule has 0 spiro atoms. The van der Waals surface area contributed by atoms with Crippen molar-refractivity contribution in [2.24, 2.45) is 0 Å². The van der Waals surface area contributed by atoms with Crippen LogP contribution in [0.25, 0.3) is 22.3 Å². The highest BCUT2D eigenvalue weighted by molar-refractivity contribution is 7.78. The van der Waals surface area contributed by atoms with Crippen LogP contribution in [0, 0.1) is 0 Å². The molecule has 0 aliphatic carbocycles. The maximum absolute atomic E-state index is 12.8. The average Bonchev–Trinajstić information content (AvgIpc) is 2.62. The summed E-state index contributed by atoms with van der Waals surface area (Å²) in [4.78, 5) is 4.11. The van der Waals surface area contributed by atoms with Crippen molar-refractivity contribution in [2.45, 2.75) is 11.9 Å². The molecule has 1 aromatic heterocycles. The summed E-state index contributed by atoms with van der Waals surface area (Å²) in [5, 5.41) is -0.0891. The first-order chi connectivity index (χ1) is 13.1. The van der Waals surface area contributed by atoms with Gasteiger partial charge in [-0.3, -0.25) is 4.21 Å². The summed E-state index contributed by atoms with van der Waals surface area (Å²) in [6.45, 7) is 0. The minimum Gasteiger partial charge on any atom is -0.772 e. The Labute approximate surface area is 166 Å². The number of pyridine rings is 1. The third-order valence-corrected chi connectivity index (χ3v) is 4.96. The Morgan fingerprint density at radius 2 is 1.71 bits per heavy atom. The van der Waals surface area contributed by atoms with Gasteiger partial charge >= 0.3 is 6.18 Å². The van der Waals surface area contributed by atoms with Crippen molar-refractivity contribution in [3.05, 3.63) is 70.9 Å². The number of nitrogens with zero attached hydrogens (tertiary/aromatic N) is 1. The van der Waals surface area contributed by atoms with Gasteiger partial charge in [0.15, 0.2) is 0 Å². The second-order valence-corrected chi connectivity index (χ2v) is 7.30.